The highest BCUT2D eigenvalue weighted by molar-refractivity contribution is 7.89. The van der Waals surface area contributed by atoms with E-state index in [1.165, 1.54) is 72.7 Å². The summed E-state index contributed by atoms with van der Waals surface area (Å²) in [5.41, 5.74) is 11.8. The van der Waals surface area contributed by atoms with Gasteiger partial charge >= 0.3 is 5.97 Å². The number of piperidine rings is 2. The fourth-order valence-corrected chi connectivity index (χ4v) is 12.7. The molecule has 0 spiro atoms. The molecule has 2 aromatic heterocycles. The lowest BCUT2D eigenvalue weighted by Crippen LogP contribution is -2.63. The lowest BCUT2D eigenvalue weighted by Gasteiger charge is -2.41. The van der Waals surface area contributed by atoms with Crippen LogP contribution in [0.3, 0.4) is 0 Å². The topological polar surface area (TPSA) is 380 Å². The Hall–Kier alpha value is -9.12. The summed E-state index contributed by atoms with van der Waals surface area (Å²) in [4.78, 5) is 99.7. The van der Waals surface area contributed by atoms with Gasteiger partial charge in [0.2, 0.25) is 49.8 Å². The van der Waals surface area contributed by atoms with Crippen molar-refractivity contribution in [1.82, 2.24) is 48.8 Å². The summed E-state index contributed by atoms with van der Waals surface area (Å²) < 4.78 is 63.6. The number of likely N-dealkylation sites (N-methyl/N-ethyl adjacent to an activating group) is 2. The van der Waals surface area contributed by atoms with Crippen LogP contribution in [0.5, 0.6) is 0 Å². The molecule has 0 saturated carbocycles. The number of guanidine groups is 2. The molecule has 0 aliphatic carbocycles. The van der Waals surface area contributed by atoms with E-state index in [9.17, 15) is 36.3 Å². The van der Waals surface area contributed by atoms with Crippen LogP contribution in [0.15, 0.2) is 144 Å². The molecule has 0 bridgehead atoms. The maximum Gasteiger partial charge on any atom is 0.347 e. The van der Waals surface area contributed by atoms with Crippen molar-refractivity contribution in [3.05, 3.63) is 145 Å². The summed E-state index contributed by atoms with van der Waals surface area (Å²) >= 11 is 0. The van der Waals surface area contributed by atoms with E-state index in [0.29, 0.717) is 70.1 Å². The zero-order valence-electron chi connectivity index (χ0n) is 47.6. The van der Waals surface area contributed by atoms with Gasteiger partial charge in [-0.2, -0.15) is 9.44 Å². The molecule has 2 aliphatic rings. The van der Waals surface area contributed by atoms with Crippen molar-refractivity contribution in [2.75, 3.05) is 40.3 Å². The fraction of sp³-hybridized carbons (Fsp3) is 0.345. The van der Waals surface area contributed by atoms with E-state index >= 15 is 9.59 Å². The molecule has 2 saturated heterocycles. The fourth-order valence-electron chi connectivity index (χ4n) is 10.3. The molecule has 456 valence electrons. The highest BCUT2D eigenvalue weighted by Gasteiger charge is 2.46. The minimum Gasteiger partial charge on any atom is -0.481 e. The van der Waals surface area contributed by atoms with Gasteiger partial charge in [0, 0.05) is 71.7 Å². The molecule has 86 heavy (non-hydrogen) atoms. The second kappa shape index (κ2) is 28.6. The molecule has 26 nitrogen and oxygen atoms in total. The first-order chi connectivity index (χ1) is 40.8. The number of carbonyl (C=O) groups is 6. The number of carboxylic acids is 2. The molecule has 0 unspecified atom stereocenters. The normalized spacial score (nSPS) is 16.3. The van der Waals surface area contributed by atoms with Gasteiger partial charge in [0.15, 0.2) is 11.9 Å². The minimum absolute atomic E-state index is 0.0518. The van der Waals surface area contributed by atoms with Gasteiger partial charge in [-0.3, -0.25) is 44.8 Å². The van der Waals surface area contributed by atoms with Crippen LogP contribution in [0.4, 0.5) is 0 Å². The number of fused-ring (bicyclic) bond motifs is 2. The van der Waals surface area contributed by atoms with E-state index < -0.39 is 112 Å². The lowest BCUT2D eigenvalue weighted by atomic mass is 10.0. The van der Waals surface area contributed by atoms with Gasteiger partial charge < -0.3 is 51.1 Å². The molecular formula is C58H70N14O12S2. The number of nitrogens with one attached hydrogen (secondary N) is 4. The molecular weight excluding hydrogens is 1150 g/mol. The molecule has 8 rings (SSSR count). The van der Waals surface area contributed by atoms with E-state index in [-0.39, 0.29) is 46.2 Å². The molecule has 0 radical (unpaired) electrons. The Kier molecular flexibility index (Phi) is 21.5. The van der Waals surface area contributed by atoms with E-state index in [4.69, 9.17) is 32.2 Å². The molecule has 2 aliphatic heterocycles. The number of aliphatic carboxylic acids is 2. The van der Waals surface area contributed by atoms with Gasteiger partial charge in [0.1, 0.15) is 12.1 Å². The van der Waals surface area contributed by atoms with Gasteiger partial charge in [-0.05, 0) is 95.8 Å². The Labute approximate surface area is 497 Å². The number of carboxylic acid groups (broad SMARTS) is 2. The smallest absolute Gasteiger partial charge is 0.347 e. The summed E-state index contributed by atoms with van der Waals surface area (Å²) in [5, 5.41) is 37.6. The second-order valence-electron chi connectivity index (χ2n) is 20.8. The Morgan fingerprint density at radius 2 is 0.953 bits per heavy atom. The molecule has 4 atom stereocenters. The summed E-state index contributed by atoms with van der Waals surface area (Å²) in [7, 11) is -6.64. The summed E-state index contributed by atoms with van der Waals surface area (Å²) in [5.74, 6) is -7.27. The SMILES string of the molecule is CC(=O)O.CN(C(=O)C[C@H](NS(=O)(=O)c1ccc2ccccc2c1)C(=O)N(Cc1ccccn1)C(C(=O)O)N(Cc1ccccn1)C(=O)[C@H](CC(=O)N(C)[C@H]1CCCN(C(=N)N)C1)NS(=O)(=O)c1ccc2ccccc2c1)[C@H]1CCCN(C(=N)N)C1. The molecule has 4 amide bonds. The van der Waals surface area contributed by atoms with Gasteiger partial charge in [0.25, 0.3) is 5.97 Å². The first-order valence-corrected chi connectivity index (χ1v) is 30.3. The van der Waals surface area contributed by atoms with Crippen molar-refractivity contribution in [2.45, 2.75) is 98.7 Å². The van der Waals surface area contributed by atoms with Crippen molar-refractivity contribution < 1.29 is 55.8 Å². The first kappa shape index (κ1) is 64.4. The summed E-state index contributed by atoms with van der Waals surface area (Å²) in [6.07, 6.45) is 0.464. The van der Waals surface area contributed by atoms with Gasteiger partial charge in [-0.1, -0.05) is 72.8 Å². The number of aromatic nitrogens is 2. The molecule has 4 heterocycles. The van der Waals surface area contributed by atoms with Crippen LogP contribution in [-0.2, 0) is 61.9 Å². The highest BCUT2D eigenvalue weighted by Crippen LogP contribution is 2.26. The van der Waals surface area contributed by atoms with E-state index in [0.717, 1.165) is 6.92 Å². The van der Waals surface area contributed by atoms with E-state index in [2.05, 4.69) is 19.4 Å². The molecule has 28 heteroatoms. The molecule has 4 aromatic carbocycles. The van der Waals surface area contributed by atoms with Crippen LogP contribution >= 0.6 is 0 Å². The Morgan fingerprint density at radius 1 is 0.593 bits per heavy atom. The number of pyridine rings is 2. The van der Waals surface area contributed by atoms with Gasteiger partial charge in [0.05, 0.1) is 47.1 Å². The van der Waals surface area contributed by atoms with Crippen molar-refractivity contribution in [3.63, 3.8) is 0 Å². The van der Waals surface area contributed by atoms with Crippen molar-refractivity contribution >= 4 is 89.1 Å². The number of likely N-dealkylation sites (tertiary alicyclic amines) is 2. The van der Waals surface area contributed by atoms with Crippen molar-refractivity contribution in [1.29, 1.82) is 10.8 Å². The lowest BCUT2D eigenvalue weighted by molar-refractivity contribution is -0.167. The number of hydrogen-bond donors (Lipinski definition) is 8. The molecule has 10 N–H and O–H groups in total. The summed E-state index contributed by atoms with van der Waals surface area (Å²) in [6.45, 7) is 0.811. The number of hydrogen-bond acceptors (Lipinski definition) is 14. The average molecular weight is 1220 g/mol. The third kappa shape index (κ3) is 16.6. The van der Waals surface area contributed by atoms with Crippen molar-refractivity contribution in [3.8, 4) is 0 Å². The summed E-state index contributed by atoms with van der Waals surface area (Å²) in [6, 6.07) is 26.1. The maximum absolute atomic E-state index is 15.9. The molecule has 6 aromatic rings. The number of carbonyl (C=O) groups excluding carboxylic acids is 4. The third-order valence-electron chi connectivity index (χ3n) is 14.9. The average Bonchev–Trinajstić information content (AvgIpc) is 1.24. The number of nitrogens with two attached hydrogens (primary N) is 2. The van der Waals surface area contributed by atoms with Crippen LogP contribution in [0.1, 0.15) is 56.8 Å². The molecule has 2 fully saturated rings. The standard InChI is InChI=1S/C56H66N14O10S2.C2H4O2/c1-65(43-19-11-27-67(35-43)55(57)58)49(71)31-47(63-81(77,78)45-23-21-37-13-3-5-15-39(37)29-45)52(73)69(33-41-17-7-9-25-61-41)51(54(75)76)70(34-42-18-8-10-26-62-42)53(74)48(32-50(72)66(2)44-20-12-28-68(36-44)56(59)60)64-82(79,80)46-24-22-38-14-4-6-16-40(38)30-46;1-2(3)4/h3-10,13-18,21-26,29-30,43-44,47-48,51,63-64H,11-12,19-20,27-28,31-36H2,1-2H3,(H3,57,58)(H3,59,60)(H,75,76);1H3,(H,3,4)/t43-,44-,47-,48-;/m0./s1. The van der Waals surface area contributed by atoms with Crippen LogP contribution in [0, 0.1) is 10.8 Å². The zero-order valence-corrected chi connectivity index (χ0v) is 49.2. The quantitative estimate of drug-likeness (QED) is 0.0292. The maximum atomic E-state index is 15.9. The van der Waals surface area contributed by atoms with E-state index in [1.54, 1.807) is 94.7 Å². The number of nitrogens with zero attached hydrogens (tertiary/aromatic N) is 8. The number of sulfonamides is 2. The van der Waals surface area contributed by atoms with Crippen LogP contribution in [0.2, 0.25) is 0 Å². The predicted octanol–water partition coefficient (Wildman–Crippen LogP) is 2.75. The largest absolute Gasteiger partial charge is 0.481 e. The van der Waals surface area contributed by atoms with Crippen LogP contribution in [-0.4, -0.2) is 185 Å². The van der Waals surface area contributed by atoms with Gasteiger partial charge in [-0.25, -0.2) is 21.6 Å². The minimum atomic E-state index is -4.78. The van der Waals surface area contributed by atoms with E-state index in [1.807, 2.05) is 0 Å². The number of rotatable bonds is 21. The Bertz CT molecular complexity index is 3470. The van der Waals surface area contributed by atoms with Crippen LogP contribution in [0.25, 0.3) is 21.5 Å². The van der Waals surface area contributed by atoms with Gasteiger partial charge in [-0.15, -0.1) is 0 Å². The van der Waals surface area contributed by atoms with Crippen LogP contribution < -0.4 is 20.9 Å². The number of amides is 4. The Morgan fingerprint density at radius 3 is 1.29 bits per heavy atom. The first-order valence-electron chi connectivity index (χ1n) is 27.4. The highest BCUT2D eigenvalue weighted by atomic mass is 32.2. The second-order valence-corrected chi connectivity index (χ2v) is 24.3. The predicted molar refractivity (Wildman–Crippen MR) is 318 cm³/mol. The zero-order chi connectivity index (χ0) is 62.5. The third-order valence-corrected chi connectivity index (χ3v) is 17.8. The van der Waals surface area contributed by atoms with Crippen molar-refractivity contribution in [2.24, 2.45) is 11.5 Å². The number of benzene rings is 4. The monoisotopic (exact) mass is 1220 g/mol. The Balaban J connectivity index is 0.00000256.